The fourth-order valence-corrected chi connectivity index (χ4v) is 2.51. The van der Waals surface area contributed by atoms with Crippen molar-refractivity contribution >= 4 is 12.8 Å². The maximum atomic E-state index is 6.09. The molecule has 0 radical (unpaired) electrons. The lowest BCUT2D eigenvalue weighted by atomic mass is 9.72. The van der Waals surface area contributed by atoms with Crippen LogP contribution in [-0.4, -0.2) is 24.0 Å². The zero-order valence-electron chi connectivity index (χ0n) is 12.3. The number of hydrogen-bond donors (Lipinski definition) is 0. The molecular weight excluding hydrogens is 237 g/mol. The van der Waals surface area contributed by atoms with Crippen molar-refractivity contribution in [1.29, 1.82) is 0 Å². The average Bonchev–Trinajstić information content (AvgIpc) is 2.74. The molecule has 3 aliphatic rings. The number of rotatable bonds is 1. The summed E-state index contributed by atoms with van der Waals surface area (Å²) in [5, 5.41) is 0. The molecule has 1 aliphatic carbocycles. The molecule has 1 fully saturated rings. The first-order chi connectivity index (χ1) is 8.78. The van der Waals surface area contributed by atoms with Gasteiger partial charge in [0, 0.05) is 12.1 Å². The maximum absolute atomic E-state index is 6.09. The van der Waals surface area contributed by atoms with Crippen molar-refractivity contribution in [2.75, 3.05) is 0 Å². The molecule has 0 unspecified atom stereocenters. The molecule has 0 spiro atoms. The van der Waals surface area contributed by atoms with Gasteiger partial charge in [-0.2, -0.15) is 0 Å². The largest absolute Gasteiger partial charge is 0.490 e. The third kappa shape index (κ3) is 2.03. The Morgan fingerprint density at radius 2 is 1.74 bits per heavy atom. The maximum Gasteiger partial charge on any atom is 0.490 e. The minimum atomic E-state index is -0.284. The second-order valence-corrected chi connectivity index (χ2v) is 6.47. The molecule has 3 rings (SSSR count). The van der Waals surface area contributed by atoms with Crippen molar-refractivity contribution in [3.63, 3.8) is 0 Å². The summed E-state index contributed by atoms with van der Waals surface area (Å²) in [5.41, 5.74) is 4.01. The van der Waals surface area contributed by atoms with E-state index < -0.39 is 0 Å². The predicted octanol–water partition coefficient (Wildman–Crippen LogP) is 3.23. The van der Waals surface area contributed by atoms with Crippen molar-refractivity contribution in [1.82, 2.24) is 0 Å². The highest BCUT2D eigenvalue weighted by molar-refractivity contribution is 6.55. The standard InChI is InChI=1S/C15H20BNO2/c1-10-8-11-6-7-12(9-13(11)17-10)16-18-14(2,3)15(4,5)19-16/h6-8H,9H2,1-5H3. The van der Waals surface area contributed by atoms with E-state index in [0.29, 0.717) is 0 Å². The lowest BCUT2D eigenvalue weighted by molar-refractivity contribution is 0.00578. The third-order valence-electron chi connectivity index (χ3n) is 4.41. The van der Waals surface area contributed by atoms with E-state index in [-0.39, 0.29) is 18.3 Å². The molecule has 0 aromatic heterocycles. The van der Waals surface area contributed by atoms with Crippen LogP contribution in [-0.2, 0) is 9.31 Å². The Hall–Kier alpha value is -1.13. The number of allylic oxidation sites excluding steroid dienone is 6. The topological polar surface area (TPSA) is 30.8 Å². The average molecular weight is 257 g/mol. The second kappa shape index (κ2) is 3.93. The molecular formula is C15H20BNO2. The first-order valence-electron chi connectivity index (χ1n) is 6.81. The molecule has 3 nitrogen and oxygen atoms in total. The van der Waals surface area contributed by atoms with Crippen LogP contribution in [0.4, 0.5) is 0 Å². The van der Waals surface area contributed by atoms with Gasteiger partial charge in [-0.1, -0.05) is 12.2 Å². The van der Waals surface area contributed by atoms with Crippen molar-refractivity contribution in [3.05, 3.63) is 35.0 Å². The van der Waals surface area contributed by atoms with Gasteiger partial charge < -0.3 is 9.31 Å². The Labute approximate surface area is 115 Å². The smallest absolute Gasteiger partial charge is 0.400 e. The fourth-order valence-electron chi connectivity index (χ4n) is 2.51. The van der Waals surface area contributed by atoms with E-state index >= 15 is 0 Å². The highest BCUT2D eigenvalue weighted by Gasteiger charge is 2.52. The number of aliphatic imine (C=N–C) groups is 1. The first-order valence-corrected chi connectivity index (χ1v) is 6.81. The van der Waals surface area contributed by atoms with Gasteiger partial charge in [0.1, 0.15) is 0 Å². The zero-order valence-corrected chi connectivity index (χ0v) is 12.3. The number of nitrogens with zero attached hydrogens (tertiary/aromatic N) is 1. The van der Waals surface area contributed by atoms with Crippen LogP contribution in [0.1, 0.15) is 41.0 Å². The van der Waals surface area contributed by atoms with E-state index in [1.807, 2.05) is 6.92 Å². The van der Waals surface area contributed by atoms with E-state index in [2.05, 4.69) is 50.9 Å². The molecule has 2 heterocycles. The van der Waals surface area contributed by atoms with Crippen LogP contribution in [0.25, 0.3) is 0 Å². The normalized spacial score (nSPS) is 27.5. The molecule has 100 valence electrons. The Bertz CT molecular complexity index is 536. The minimum absolute atomic E-state index is 0.258. The summed E-state index contributed by atoms with van der Waals surface area (Å²) in [6.45, 7) is 10.3. The molecule has 0 aromatic carbocycles. The lowest BCUT2D eigenvalue weighted by Gasteiger charge is -2.32. The summed E-state index contributed by atoms with van der Waals surface area (Å²) < 4.78 is 12.2. The molecule has 0 bridgehead atoms. The summed E-state index contributed by atoms with van der Waals surface area (Å²) in [4.78, 5) is 4.56. The highest BCUT2D eigenvalue weighted by Crippen LogP contribution is 2.40. The third-order valence-corrected chi connectivity index (χ3v) is 4.41. The van der Waals surface area contributed by atoms with Crippen molar-refractivity contribution in [2.45, 2.75) is 52.2 Å². The van der Waals surface area contributed by atoms with Gasteiger partial charge in [0.2, 0.25) is 0 Å². The van der Waals surface area contributed by atoms with Gasteiger partial charge in [0.15, 0.2) is 0 Å². The highest BCUT2D eigenvalue weighted by atomic mass is 16.7. The lowest BCUT2D eigenvalue weighted by Crippen LogP contribution is -2.41. The van der Waals surface area contributed by atoms with Gasteiger partial charge in [0.05, 0.1) is 16.9 Å². The van der Waals surface area contributed by atoms with Gasteiger partial charge in [0.25, 0.3) is 0 Å². The van der Waals surface area contributed by atoms with Crippen molar-refractivity contribution in [2.24, 2.45) is 4.99 Å². The SMILES string of the molecule is CC1=CC2=CC=C(B3OC(C)(C)C(C)(C)O3)CC2=N1. The summed E-state index contributed by atoms with van der Waals surface area (Å²) in [5.74, 6) is 0. The molecule has 1 saturated heterocycles. The Balaban J connectivity index is 1.83. The summed E-state index contributed by atoms with van der Waals surface area (Å²) in [6.07, 6.45) is 7.16. The minimum Gasteiger partial charge on any atom is -0.400 e. The quantitative estimate of drug-likeness (QED) is 0.675. The summed E-state index contributed by atoms with van der Waals surface area (Å²) in [7, 11) is -0.258. The van der Waals surface area contributed by atoms with E-state index in [1.165, 1.54) is 5.57 Å². The van der Waals surface area contributed by atoms with Crippen molar-refractivity contribution in [3.8, 4) is 0 Å². The van der Waals surface area contributed by atoms with Gasteiger partial charge >= 0.3 is 7.12 Å². The molecule has 4 heteroatoms. The summed E-state index contributed by atoms with van der Waals surface area (Å²) in [6, 6.07) is 0. The van der Waals surface area contributed by atoms with Crippen LogP contribution in [0.5, 0.6) is 0 Å². The first kappa shape index (κ1) is 12.9. The molecule has 0 N–H and O–H groups in total. The Kier molecular flexibility index (Phi) is 2.67. The van der Waals surface area contributed by atoms with Crippen LogP contribution in [0.3, 0.4) is 0 Å². The Morgan fingerprint density at radius 3 is 2.37 bits per heavy atom. The van der Waals surface area contributed by atoms with E-state index in [4.69, 9.17) is 9.31 Å². The zero-order chi connectivity index (χ0) is 13.8. The van der Waals surface area contributed by atoms with E-state index in [0.717, 1.165) is 23.3 Å². The second-order valence-electron chi connectivity index (χ2n) is 6.47. The monoisotopic (exact) mass is 257 g/mol. The number of fused-ring (bicyclic) bond motifs is 1. The van der Waals surface area contributed by atoms with Gasteiger partial charge in [-0.25, -0.2) is 0 Å². The number of hydrogen-bond acceptors (Lipinski definition) is 3. The van der Waals surface area contributed by atoms with Crippen molar-refractivity contribution < 1.29 is 9.31 Å². The van der Waals surface area contributed by atoms with Gasteiger partial charge in [-0.15, -0.1) is 0 Å². The Morgan fingerprint density at radius 1 is 1.11 bits per heavy atom. The molecule has 0 amide bonds. The van der Waals surface area contributed by atoms with Crippen LogP contribution < -0.4 is 0 Å². The van der Waals surface area contributed by atoms with E-state index in [9.17, 15) is 0 Å². The molecule has 19 heavy (non-hydrogen) atoms. The molecule has 0 saturated carbocycles. The van der Waals surface area contributed by atoms with Crippen LogP contribution in [0, 0.1) is 0 Å². The summed E-state index contributed by atoms with van der Waals surface area (Å²) >= 11 is 0. The van der Waals surface area contributed by atoms with Crippen LogP contribution >= 0.6 is 0 Å². The molecule has 2 aliphatic heterocycles. The van der Waals surface area contributed by atoms with E-state index in [1.54, 1.807) is 0 Å². The van der Waals surface area contributed by atoms with Gasteiger partial charge in [-0.3, -0.25) is 4.99 Å². The van der Waals surface area contributed by atoms with Crippen LogP contribution in [0.15, 0.2) is 40.0 Å². The van der Waals surface area contributed by atoms with Gasteiger partial charge in [-0.05, 0) is 51.7 Å². The molecule has 0 aromatic rings. The predicted molar refractivity (Wildman–Crippen MR) is 78.1 cm³/mol. The van der Waals surface area contributed by atoms with Crippen LogP contribution in [0.2, 0.25) is 0 Å². The molecule has 0 atom stereocenters. The fraction of sp³-hybridized carbons (Fsp3) is 0.533.